The van der Waals surface area contributed by atoms with Crippen molar-refractivity contribution in [2.75, 3.05) is 7.05 Å². The van der Waals surface area contributed by atoms with Crippen molar-refractivity contribution in [3.05, 3.63) is 50.9 Å². The van der Waals surface area contributed by atoms with Crippen LogP contribution in [0, 0.1) is 0 Å². The summed E-state index contributed by atoms with van der Waals surface area (Å²) in [6.45, 7) is 2.64. The highest BCUT2D eigenvalue weighted by Crippen LogP contribution is 2.22. The standard InChI is InChI=1S/C16H20ClN3S/c1-20(11-15-7-8-16(17)21-15)10-14-4-2-3-13(19-14)9-18-12-5-6-12/h2-4,7-8,12,18H,5-6,9-11H2,1H3. The van der Waals surface area contributed by atoms with Gasteiger partial charge in [0.1, 0.15) is 0 Å². The first-order valence-corrected chi connectivity index (χ1v) is 8.49. The molecule has 1 saturated carbocycles. The van der Waals surface area contributed by atoms with Gasteiger partial charge in [0.25, 0.3) is 0 Å². The van der Waals surface area contributed by atoms with Crippen molar-refractivity contribution < 1.29 is 0 Å². The highest BCUT2D eigenvalue weighted by Gasteiger charge is 2.20. The first kappa shape index (κ1) is 15.0. The number of hydrogen-bond donors (Lipinski definition) is 1. The molecule has 0 atom stereocenters. The Morgan fingerprint density at radius 1 is 1.24 bits per heavy atom. The number of aromatic nitrogens is 1. The quantitative estimate of drug-likeness (QED) is 0.843. The molecule has 3 nitrogen and oxygen atoms in total. The minimum Gasteiger partial charge on any atom is -0.308 e. The lowest BCUT2D eigenvalue weighted by Gasteiger charge is -2.15. The molecule has 1 aliphatic carbocycles. The van der Waals surface area contributed by atoms with Crippen LogP contribution in [0.5, 0.6) is 0 Å². The first-order chi connectivity index (χ1) is 10.2. The van der Waals surface area contributed by atoms with Crippen LogP contribution in [0.2, 0.25) is 4.34 Å². The second kappa shape index (κ2) is 6.88. The van der Waals surface area contributed by atoms with Crippen molar-refractivity contribution in [2.24, 2.45) is 0 Å². The van der Waals surface area contributed by atoms with Crippen molar-refractivity contribution >= 4 is 22.9 Å². The van der Waals surface area contributed by atoms with Crippen LogP contribution < -0.4 is 5.32 Å². The highest BCUT2D eigenvalue weighted by atomic mass is 35.5. The Labute approximate surface area is 135 Å². The van der Waals surface area contributed by atoms with Crippen molar-refractivity contribution in [1.82, 2.24) is 15.2 Å². The molecule has 0 aliphatic heterocycles. The molecule has 3 rings (SSSR count). The second-order valence-electron chi connectivity index (χ2n) is 5.65. The summed E-state index contributed by atoms with van der Waals surface area (Å²) in [6, 6.07) is 11.1. The molecule has 0 radical (unpaired) electrons. The van der Waals surface area contributed by atoms with Gasteiger partial charge in [-0.25, -0.2) is 0 Å². The van der Waals surface area contributed by atoms with E-state index < -0.39 is 0 Å². The van der Waals surface area contributed by atoms with Crippen molar-refractivity contribution in [1.29, 1.82) is 0 Å². The Bertz CT molecular complexity index is 595. The predicted octanol–water partition coefficient (Wildman–Crippen LogP) is 3.68. The Morgan fingerprint density at radius 2 is 2.05 bits per heavy atom. The summed E-state index contributed by atoms with van der Waals surface area (Å²) in [7, 11) is 2.12. The smallest absolute Gasteiger partial charge is 0.0931 e. The van der Waals surface area contributed by atoms with Gasteiger partial charge in [0, 0.05) is 30.6 Å². The Kier molecular flexibility index (Phi) is 4.91. The molecule has 2 aromatic heterocycles. The van der Waals surface area contributed by atoms with E-state index in [1.807, 2.05) is 6.07 Å². The second-order valence-corrected chi connectivity index (χ2v) is 7.45. The molecule has 0 saturated heterocycles. The summed E-state index contributed by atoms with van der Waals surface area (Å²) < 4.78 is 0.852. The average molecular weight is 322 g/mol. The zero-order valence-electron chi connectivity index (χ0n) is 12.2. The summed E-state index contributed by atoms with van der Waals surface area (Å²) in [5.74, 6) is 0. The minimum absolute atomic E-state index is 0.724. The van der Waals surface area contributed by atoms with Gasteiger partial charge >= 0.3 is 0 Å². The van der Waals surface area contributed by atoms with Gasteiger partial charge in [-0.2, -0.15) is 0 Å². The molecule has 1 aliphatic rings. The van der Waals surface area contributed by atoms with Crippen LogP contribution in [0.25, 0.3) is 0 Å². The van der Waals surface area contributed by atoms with Gasteiger partial charge < -0.3 is 5.32 Å². The maximum absolute atomic E-state index is 5.97. The lowest BCUT2D eigenvalue weighted by atomic mass is 10.3. The van der Waals surface area contributed by atoms with Crippen LogP contribution in [-0.2, 0) is 19.6 Å². The summed E-state index contributed by atoms with van der Waals surface area (Å²) >= 11 is 7.61. The maximum Gasteiger partial charge on any atom is 0.0931 e. The molecule has 2 aromatic rings. The molecule has 5 heteroatoms. The van der Waals surface area contributed by atoms with Gasteiger partial charge in [-0.1, -0.05) is 17.7 Å². The third-order valence-corrected chi connectivity index (χ3v) is 4.72. The van der Waals surface area contributed by atoms with Crippen LogP contribution in [-0.4, -0.2) is 23.0 Å². The third kappa shape index (κ3) is 4.78. The third-order valence-electron chi connectivity index (χ3n) is 3.50. The van der Waals surface area contributed by atoms with Gasteiger partial charge in [0.2, 0.25) is 0 Å². The predicted molar refractivity (Wildman–Crippen MR) is 88.6 cm³/mol. The monoisotopic (exact) mass is 321 g/mol. The van der Waals surface area contributed by atoms with Gasteiger partial charge in [0.05, 0.1) is 15.7 Å². The summed E-state index contributed by atoms with van der Waals surface area (Å²) in [5.41, 5.74) is 2.25. The number of rotatable bonds is 7. The normalized spacial score (nSPS) is 14.8. The zero-order valence-corrected chi connectivity index (χ0v) is 13.8. The van der Waals surface area contributed by atoms with E-state index in [-0.39, 0.29) is 0 Å². The van der Waals surface area contributed by atoms with Gasteiger partial charge in [0.15, 0.2) is 0 Å². The lowest BCUT2D eigenvalue weighted by Crippen LogP contribution is -2.19. The number of nitrogens with zero attached hydrogens (tertiary/aromatic N) is 2. The highest BCUT2D eigenvalue weighted by molar-refractivity contribution is 7.16. The molecule has 0 amide bonds. The molecule has 1 N–H and O–H groups in total. The summed E-state index contributed by atoms with van der Waals surface area (Å²) in [4.78, 5) is 8.29. The molecular formula is C16H20ClN3S. The van der Waals surface area contributed by atoms with Crippen LogP contribution >= 0.6 is 22.9 Å². The molecule has 0 aromatic carbocycles. The Hall–Kier alpha value is -0.940. The molecule has 21 heavy (non-hydrogen) atoms. The number of thiophene rings is 1. The van der Waals surface area contributed by atoms with Crippen LogP contribution in [0.4, 0.5) is 0 Å². The minimum atomic E-state index is 0.724. The maximum atomic E-state index is 5.97. The molecular weight excluding hydrogens is 302 g/mol. The number of hydrogen-bond acceptors (Lipinski definition) is 4. The first-order valence-electron chi connectivity index (χ1n) is 7.30. The summed E-state index contributed by atoms with van der Waals surface area (Å²) in [5, 5.41) is 3.51. The SMILES string of the molecule is CN(Cc1cccc(CNC2CC2)n1)Cc1ccc(Cl)s1. The van der Waals surface area contributed by atoms with Crippen LogP contribution in [0.15, 0.2) is 30.3 Å². The molecule has 0 unspecified atom stereocenters. The zero-order chi connectivity index (χ0) is 14.7. The van der Waals surface area contributed by atoms with Crippen molar-refractivity contribution in [2.45, 2.75) is 38.5 Å². The fourth-order valence-corrected chi connectivity index (χ4v) is 3.46. The number of halogens is 1. The van der Waals surface area contributed by atoms with Gasteiger partial charge in [-0.05, 0) is 44.2 Å². The van der Waals surface area contributed by atoms with E-state index in [1.54, 1.807) is 11.3 Å². The van der Waals surface area contributed by atoms with E-state index in [0.29, 0.717) is 0 Å². The van der Waals surface area contributed by atoms with Crippen molar-refractivity contribution in [3.63, 3.8) is 0 Å². The fourth-order valence-electron chi connectivity index (χ4n) is 2.29. The molecule has 2 heterocycles. The van der Waals surface area contributed by atoms with E-state index in [9.17, 15) is 0 Å². The Balaban J connectivity index is 1.54. The molecule has 0 bridgehead atoms. The topological polar surface area (TPSA) is 28.2 Å². The fraction of sp³-hybridized carbons (Fsp3) is 0.438. The van der Waals surface area contributed by atoms with E-state index in [1.165, 1.54) is 17.7 Å². The molecule has 0 spiro atoms. The van der Waals surface area contributed by atoms with Gasteiger partial charge in [-0.15, -0.1) is 11.3 Å². The van der Waals surface area contributed by atoms with Crippen molar-refractivity contribution in [3.8, 4) is 0 Å². The average Bonchev–Trinajstić information content (AvgIpc) is 3.20. The van der Waals surface area contributed by atoms with E-state index in [4.69, 9.17) is 16.6 Å². The lowest BCUT2D eigenvalue weighted by molar-refractivity contribution is 0.317. The summed E-state index contributed by atoms with van der Waals surface area (Å²) in [6.07, 6.45) is 2.62. The number of nitrogens with one attached hydrogen (secondary N) is 1. The largest absolute Gasteiger partial charge is 0.308 e. The van der Waals surface area contributed by atoms with E-state index in [2.05, 4.69) is 41.5 Å². The molecule has 1 fully saturated rings. The van der Waals surface area contributed by atoms with Gasteiger partial charge in [-0.3, -0.25) is 9.88 Å². The van der Waals surface area contributed by atoms with E-state index >= 15 is 0 Å². The van der Waals surface area contributed by atoms with Crippen LogP contribution in [0.1, 0.15) is 29.1 Å². The molecule has 112 valence electrons. The number of pyridine rings is 1. The Morgan fingerprint density at radius 3 is 2.76 bits per heavy atom. The van der Waals surface area contributed by atoms with E-state index in [0.717, 1.165) is 41.4 Å². The van der Waals surface area contributed by atoms with Crippen LogP contribution in [0.3, 0.4) is 0 Å².